The second kappa shape index (κ2) is 5.74. The number of hydrogen-bond donors (Lipinski definition) is 1. The summed E-state index contributed by atoms with van der Waals surface area (Å²) in [5.41, 5.74) is -0.197. The Kier molecular flexibility index (Phi) is 4.54. The second-order valence-corrected chi connectivity index (χ2v) is 5.86. The van der Waals surface area contributed by atoms with Crippen molar-refractivity contribution in [1.82, 2.24) is 10.3 Å². The van der Waals surface area contributed by atoms with Crippen LogP contribution in [0.15, 0.2) is 17.2 Å². The highest BCUT2D eigenvalue weighted by atomic mass is 32.2. The minimum Gasteiger partial charge on any atom is -0.355 e. The predicted molar refractivity (Wildman–Crippen MR) is 66.4 cm³/mol. The molecule has 1 aromatic rings. The number of nitro groups is 1. The van der Waals surface area contributed by atoms with Gasteiger partial charge in [0.25, 0.3) is 0 Å². The summed E-state index contributed by atoms with van der Waals surface area (Å²) in [6.07, 6.45) is 0. The Balaban J connectivity index is 3.09. The average molecular weight is 287 g/mol. The van der Waals surface area contributed by atoms with Crippen molar-refractivity contribution in [3.8, 4) is 0 Å². The molecule has 9 heteroatoms. The van der Waals surface area contributed by atoms with E-state index in [0.717, 1.165) is 6.07 Å². The fourth-order valence-corrected chi connectivity index (χ4v) is 2.66. The van der Waals surface area contributed by atoms with E-state index >= 15 is 0 Å². The largest absolute Gasteiger partial charge is 0.355 e. The fourth-order valence-electron chi connectivity index (χ4n) is 1.35. The molecule has 0 bridgehead atoms. The second-order valence-electron chi connectivity index (χ2n) is 3.84. The normalized spacial score (nSPS) is 11.1. The van der Waals surface area contributed by atoms with Crippen molar-refractivity contribution in [3.05, 3.63) is 27.9 Å². The van der Waals surface area contributed by atoms with E-state index in [0.29, 0.717) is 5.69 Å². The molecule has 1 amide bonds. The zero-order valence-corrected chi connectivity index (χ0v) is 11.2. The zero-order valence-electron chi connectivity index (χ0n) is 10.4. The monoisotopic (exact) mass is 287 g/mol. The number of nitrogens with one attached hydrogen (secondary N) is 1. The smallest absolute Gasteiger partial charge is 0.306 e. The molecule has 1 heterocycles. The first kappa shape index (κ1) is 15.0. The molecule has 0 unspecified atom stereocenters. The molecule has 0 aliphatic rings. The highest BCUT2D eigenvalue weighted by Gasteiger charge is 2.27. The topological polar surface area (TPSA) is 119 Å². The number of sulfone groups is 1. The Bertz CT molecular complexity index is 612. The van der Waals surface area contributed by atoms with Gasteiger partial charge in [-0.25, -0.2) is 13.4 Å². The third-order valence-corrected chi connectivity index (χ3v) is 3.85. The molecule has 0 aliphatic carbocycles. The molecule has 0 radical (unpaired) electrons. The molecule has 104 valence electrons. The van der Waals surface area contributed by atoms with Crippen molar-refractivity contribution in [1.29, 1.82) is 0 Å². The SMILES string of the molecule is CC(=O)NCCS(=O)(=O)c1nc(C)ccc1[N+](=O)[O-]. The standard InChI is InChI=1S/C10H13N3O5S/c1-7-3-4-9(13(15)16)10(12-7)19(17,18)6-5-11-8(2)14/h3-4H,5-6H2,1-2H3,(H,11,14). The van der Waals surface area contributed by atoms with Crippen LogP contribution in [-0.4, -0.2) is 36.5 Å². The van der Waals surface area contributed by atoms with E-state index in [2.05, 4.69) is 10.3 Å². The van der Waals surface area contributed by atoms with Crippen LogP contribution in [0.3, 0.4) is 0 Å². The van der Waals surface area contributed by atoms with E-state index in [4.69, 9.17) is 0 Å². The van der Waals surface area contributed by atoms with E-state index < -0.39 is 31.2 Å². The molecule has 0 atom stereocenters. The molecule has 1 aromatic heterocycles. The van der Waals surface area contributed by atoms with Gasteiger partial charge in [0.2, 0.25) is 20.8 Å². The number of rotatable bonds is 5. The molecular formula is C10H13N3O5S. The van der Waals surface area contributed by atoms with Crippen molar-refractivity contribution in [3.63, 3.8) is 0 Å². The van der Waals surface area contributed by atoms with Gasteiger partial charge in [-0.3, -0.25) is 14.9 Å². The maximum atomic E-state index is 12.0. The fraction of sp³-hybridized carbons (Fsp3) is 0.400. The number of aromatic nitrogens is 1. The number of carbonyl (C=O) groups is 1. The Morgan fingerprint density at radius 3 is 2.63 bits per heavy atom. The summed E-state index contributed by atoms with van der Waals surface area (Å²) < 4.78 is 23.9. The van der Waals surface area contributed by atoms with Crippen molar-refractivity contribution >= 4 is 21.4 Å². The first-order valence-electron chi connectivity index (χ1n) is 5.33. The van der Waals surface area contributed by atoms with Crippen LogP contribution in [0.2, 0.25) is 0 Å². The predicted octanol–water partition coefficient (Wildman–Crippen LogP) is 0.208. The lowest BCUT2D eigenvalue weighted by Crippen LogP contribution is -2.27. The summed E-state index contributed by atoms with van der Waals surface area (Å²) in [7, 11) is -3.92. The number of pyridine rings is 1. The molecule has 19 heavy (non-hydrogen) atoms. The van der Waals surface area contributed by atoms with Crippen molar-refractivity contribution in [2.75, 3.05) is 12.3 Å². The van der Waals surface area contributed by atoms with Gasteiger partial charge in [-0.2, -0.15) is 0 Å². The number of hydrogen-bond acceptors (Lipinski definition) is 6. The zero-order chi connectivity index (χ0) is 14.6. The van der Waals surface area contributed by atoms with Gasteiger partial charge in [0.15, 0.2) is 0 Å². The molecule has 0 aliphatic heterocycles. The molecule has 0 aromatic carbocycles. The van der Waals surface area contributed by atoms with E-state index in [1.165, 1.54) is 19.9 Å². The molecule has 0 fully saturated rings. The third-order valence-electron chi connectivity index (χ3n) is 2.22. The third kappa shape index (κ3) is 3.98. The minimum absolute atomic E-state index is 0.121. The minimum atomic E-state index is -3.92. The summed E-state index contributed by atoms with van der Waals surface area (Å²) >= 11 is 0. The van der Waals surface area contributed by atoms with Crippen molar-refractivity contribution in [2.24, 2.45) is 0 Å². The molecule has 1 rings (SSSR count). The van der Waals surface area contributed by atoms with Crippen molar-refractivity contribution < 1.29 is 18.1 Å². The summed E-state index contributed by atoms with van der Waals surface area (Å²) in [5, 5.41) is 12.5. The quantitative estimate of drug-likeness (QED) is 0.610. The highest BCUT2D eigenvalue weighted by molar-refractivity contribution is 7.91. The van der Waals surface area contributed by atoms with Gasteiger partial charge < -0.3 is 5.32 Å². The summed E-state index contributed by atoms with van der Waals surface area (Å²) in [5.74, 6) is -0.814. The molecular weight excluding hydrogens is 274 g/mol. The molecule has 0 saturated carbocycles. The maximum absolute atomic E-state index is 12.0. The van der Waals surface area contributed by atoms with Gasteiger partial charge in [-0.1, -0.05) is 0 Å². The Morgan fingerprint density at radius 1 is 1.47 bits per heavy atom. The lowest BCUT2D eigenvalue weighted by molar-refractivity contribution is -0.388. The maximum Gasteiger partial charge on any atom is 0.306 e. The number of amides is 1. The highest BCUT2D eigenvalue weighted by Crippen LogP contribution is 2.22. The van der Waals surface area contributed by atoms with Gasteiger partial charge in [0.1, 0.15) is 0 Å². The van der Waals surface area contributed by atoms with Crippen LogP contribution < -0.4 is 5.32 Å². The molecule has 0 saturated heterocycles. The summed E-state index contributed by atoms with van der Waals surface area (Å²) in [6.45, 7) is 2.67. The van der Waals surface area contributed by atoms with Gasteiger partial charge in [-0.15, -0.1) is 0 Å². The van der Waals surface area contributed by atoms with Gasteiger partial charge >= 0.3 is 5.69 Å². The lowest BCUT2D eigenvalue weighted by atomic mass is 10.3. The number of carbonyl (C=O) groups excluding carboxylic acids is 1. The van der Waals surface area contributed by atoms with E-state index in [9.17, 15) is 23.3 Å². The number of nitrogens with zero attached hydrogens (tertiary/aromatic N) is 2. The molecule has 0 spiro atoms. The van der Waals surface area contributed by atoms with Gasteiger partial charge in [0.05, 0.1) is 10.7 Å². The molecule has 1 N–H and O–H groups in total. The van der Waals surface area contributed by atoms with Crippen LogP contribution >= 0.6 is 0 Å². The summed E-state index contributed by atoms with van der Waals surface area (Å²) in [4.78, 5) is 24.4. The van der Waals surface area contributed by atoms with Crippen LogP contribution in [0.25, 0.3) is 0 Å². The van der Waals surface area contributed by atoms with Crippen LogP contribution in [0.5, 0.6) is 0 Å². The van der Waals surface area contributed by atoms with E-state index in [1.807, 2.05) is 0 Å². The van der Waals surface area contributed by atoms with Crippen LogP contribution in [0.4, 0.5) is 5.69 Å². The lowest BCUT2D eigenvalue weighted by Gasteiger charge is -2.05. The van der Waals surface area contributed by atoms with Gasteiger partial charge in [0, 0.05) is 25.2 Å². The van der Waals surface area contributed by atoms with Crippen LogP contribution in [0, 0.1) is 17.0 Å². The Hall–Kier alpha value is -2.03. The van der Waals surface area contributed by atoms with E-state index in [-0.39, 0.29) is 12.5 Å². The molecule has 8 nitrogen and oxygen atoms in total. The van der Waals surface area contributed by atoms with Gasteiger partial charge in [-0.05, 0) is 13.0 Å². The first-order valence-corrected chi connectivity index (χ1v) is 6.98. The summed E-state index contributed by atoms with van der Waals surface area (Å²) in [6, 6.07) is 2.47. The van der Waals surface area contributed by atoms with Crippen LogP contribution in [-0.2, 0) is 14.6 Å². The van der Waals surface area contributed by atoms with Crippen molar-refractivity contribution in [2.45, 2.75) is 18.9 Å². The van der Waals surface area contributed by atoms with Crippen LogP contribution in [0.1, 0.15) is 12.6 Å². The number of aryl methyl sites for hydroxylation is 1. The average Bonchev–Trinajstić information content (AvgIpc) is 2.27. The van der Waals surface area contributed by atoms with E-state index in [1.54, 1.807) is 0 Å². The first-order chi connectivity index (χ1) is 8.74. The Morgan fingerprint density at radius 2 is 2.11 bits per heavy atom. The Labute approximate surface area is 109 Å².